The van der Waals surface area contributed by atoms with Gasteiger partial charge in [-0.05, 0) is 30.7 Å². The second-order valence-corrected chi connectivity index (χ2v) is 6.30. The van der Waals surface area contributed by atoms with E-state index in [0.29, 0.717) is 5.75 Å². The highest BCUT2D eigenvalue weighted by Crippen LogP contribution is 2.15. The van der Waals surface area contributed by atoms with Crippen molar-refractivity contribution in [1.29, 1.82) is 0 Å². The van der Waals surface area contributed by atoms with E-state index in [0.717, 1.165) is 12.8 Å². The SMILES string of the molecule is CCCC(Cl)CNS(=O)(=O)c1ccc(OC)cc1. The van der Waals surface area contributed by atoms with Gasteiger partial charge < -0.3 is 4.74 Å². The van der Waals surface area contributed by atoms with Crippen molar-refractivity contribution in [2.45, 2.75) is 30.0 Å². The summed E-state index contributed by atoms with van der Waals surface area (Å²) >= 11 is 5.98. The number of benzene rings is 1. The zero-order valence-electron chi connectivity index (χ0n) is 10.5. The first kappa shape index (κ1) is 15.3. The summed E-state index contributed by atoms with van der Waals surface area (Å²) in [7, 11) is -1.96. The molecule has 6 heteroatoms. The smallest absolute Gasteiger partial charge is 0.240 e. The van der Waals surface area contributed by atoms with Crippen LogP contribution in [0.2, 0.25) is 0 Å². The van der Waals surface area contributed by atoms with Gasteiger partial charge in [-0.25, -0.2) is 13.1 Å². The third-order valence-corrected chi connectivity index (χ3v) is 4.28. The van der Waals surface area contributed by atoms with Crippen molar-refractivity contribution in [3.63, 3.8) is 0 Å². The van der Waals surface area contributed by atoms with Crippen LogP contribution < -0.4 is 9.46 Å². The third-order valence-electron chi connectivity index (χ3n) is 2.47. The molecule has 0 saturated carbocycles. The molecule has 0 spiro atoms. The summed E-state index contributed by atoms with van der Waals surface area (Å²) in [5.41, 5.74) is 0. The second-order valence-electron chi connectivity index (χ2n) is 3.91. The van der Waals surface area contributed by atoms with Crippen LogP contribution in [0, 0.1) is 0 Å². The van der Waals surface area contributed by atoms with E-state index in [9.17, 15) is 8.42 Å². The Hall–Kier alpha value is -0.780. The summed E-state index contributed by atoms with van der Waals surface area (Å²) in [4.78, 5) is 0.212. The lowest BCUT2D eigenvalue weighted by Crippen LogP contribution is -2.29. The molecule has 1 atom stereocenters. The van der Waals surface area contributed by atoms with Crippen LogP contribution >= 0.6 is 11.6 Å². The molecular formula is C12H18ClNO3S. The monoisotopic (exact) mass is 291 g/mol. The lowest BCUT2D eigenvalue weighted by molar-refractivity contribution is 0.414. The molecule has 0 heterocycles. The Morgan fingerprint density at radius 3 is 2.44 bits per heavy atom. The largest absolute Gasteiger partial charge is 0.497 e. The van der Waals surface area contributed by atoms with Gasteiger partial charge in [0, 0.05) is 11.9 Å². The number of hydrogen-bond donors (Lipinski definition) is 1. The van der Waals surface area contributed by atoms with E-state index < -0.39 is 10.0 Å². The molecule has 0 saturated heterocycles. The summed E-state index contributed by atoms with van der Waals surface area (Å²) in [5, 5.41) is -0.178. The first-order chi connectivity index (χ1) is 8.49. The van der Waals surface area contributed by atoms with Crippen LogP contribution in [0.25, 0.3) is 0 Å². The fourth-order valence-electron chi connectivity index (χ4n) is 1.45. The van der Waals surface area contributed by atoms with Crippen molar-refractivity contribution in [3.05, 3.63) is 24.3 Å². The number of hydrogen-bond acceptors (Lipinski definition) is 3. The molecule has 0 radical (unpaired) electrons. The second kappa shape index (κ2) is 6.97. The average molecular weight is 292 g/mol. The molecule has 0 bridgehead atoms. The molecule has 102 valence electrons. The maximum atomic E-state index is 11.9. The fraction of sp³-hybridized carbons (Fsp3) is 0.500. The molecule has 0 aromatic heterocycles. The van der Waals surface area contributed by atoms with Gasteiger partial charge in [0.25, 0.3) is 0 Å². The first-order valence-electron chi connectivity index (χ1n) is 5.77. The Morgan fingerprint density at radius 1 is 1.33 bits per heavy atom. The van der Waals surface area contributed by atoms with E-state index in [2.05, 4.69) is 4.72 Å². The fourth-order valence-corrected chi connectivity index (χ4v) is 2.92. The minimum Gasteiger partial charge on any atom is -0.497 e. The minimum atomic E-state index is -3.49. The van der Waals surface area contributed by atoms with Crippen LogP contribution in [0.15, 0.2) is 29.2 Å². The van der Waals surface area contributed by atoms with Gasteiger partial charge in [0.2, 0.25) is 10.0 Å². The van der Waals surface area contributed by atoms with Gasteiger partial charge in [-0.3, -0.25) is 0 Å². The van der Waals surface area contributed by atoms with E-state index in [1.165, 1.54) is 19.2 Å². The van der Waals surface area contributed by atoms with Crippen molar-refractivity contribution in [3.8, 4) is 5.75 Å². The Labute approximate surface area is 113 Å². The Balaban J connectivity index is 2.67. The van der Waals surface area contributed by atoms with Gasteiger partial charge in [0.05, 0.1) is 12.0 Å². The molecule has 0 aliphatic carbocycles. The first-order valence-corrected chi connectivity index (χ1v) is 7.69. The number of methoxy groups -OCH3 is 1. The molecule has 4 nitrogen and oxygen atoms in total. The van der Waals surface area contributed by atoms with Crippen LogP contribution in [0.1, 0.15) is 19.8 Å². The lowest BCUT2D eigenvalue weighted by Gasteiger charge is -2.10. The molecule has 18 heavy (non-hydrogen) atoms. The molecule has 1 aromatic rings. The minimum absolute atomic E-state index is 0.178. The van der Waals surface area contributed by atoms with Gasteiger partial charge in [0.1, 0.15) is 5.75 Å². The van der Waals surface area contributed by atoms with Gasteiger partial charge in [-0.2, -0.15) is 0 Å². The number of ether oxygens (including phenoxy) is 1. The van der Waals surface area contributed by atoms with Crippen molar-refractivity contribution in [2.75, 3.05) is 13.7 Å². The number of halogens is 1. The van der Waals surface area contributed by atoms with Crippen LogP contribution in [-0.2, 0) is 10.0 Å². The highest BCUT2D eigenvalue weighted by Gasteiger charge is 2.15. The zero-order valence-corrected chi connectivity index (χ0v) is 12.1. The predicted octanol–water partition coefficient (Wildman–Crippen LogP) is 2.38. The lowest BCUT2D eigenvalue weighted by atomic mass is 10.2. The van der Waals surface area contributed by atoms with Crippen LogP contribution in [-0.4, -0.2) is 27.4 Å². The highest BCUT2D eigenvalue weighted by atomic mass is 35.5. The van der Waals surface area contributed by atoms with Crippen molar-refractivity contribution >= 4 is 21.6 Å². The van der Waals surface area contributed by atoms with Crippen LogP contribution in [0.5, 0.6) is 5.75 Å². The van der Waals surface area contributed by atoms with Gasteiger partial charge in [0.15, 0.2) is 0 Å². The number of alkyl halides is 1. The molecule has 1 rings (SSSR count). The summed E-state index contributed by atoms with van der Waals surface area (Å²) < 4.78 is 31.3. The number of sulfonamides is 1. The zero-order chi connectivity index (χ0) is 13.6. The van der Waals surface area contributed by atoms with Crippen molar-refractivity contribution < 1.29 is 13.2 Å². The Morgan fingerprint density at radius 2 is 1.94 bits per heavy atom. The quantitative estimate of drug-likeness (QED) is 0.785. The van der Waals surface area contributed by atoms with Gasteiger partial charge in [-0.15, -0.1) is 11.6 Å². The molecule has 1 N–H and O–H groups in total. The molecule has 0 aliphatic heterocycles. The number of rotatable bonds is 7. The average Bonchev–Trinajstić information content (AvgIpc) is 2.37. The van der Waals surface area contributed by atoms with Gasteiger partial charge >= 0.3 is 0 Å². The summed E-state index contributed by atoms with van der Waals surface area (Å²) in [6.45, 7) is 2.25. The normalized spacial score (nSPS) is 13.3. The van der Waals surface area contributed by atoms with E-state index >= 15 is 0 Å². The molecule has 0 fully saturated rings. The Bertz CT molecular complexity index is 459. The van der Waals surface area contributed by atoms with E-state index in [1.54, 1.807) is 12.1 Å². The van der Waals surface area contributed by atoms with E-state index in [-0.39, 0.29) is 16.8 Å². The molecule has 1 unspecified atom stereocenters. The van der Waals surface area contributed by atoms with E-state index in [4.69, 9.17) is 16.3 Å². The van der Waals surface area contributed by atoms with Crippen molar-refractivity contribution in [1.82, 2.24) is 4.72 Å². The molecule has 0 amide bonds. The van der Waals surface area contributed by atoms with Crippen LogP contribution in [0.4, 0.5) is 0 Å². The third kappa shape index (κ3) is 4.48. The maximum Gasteiger partial charge on any atom is 0.240 e. The predicted molar refractivity (Wildman–Crippen MR) is 72.7 cm³/mol. The van der Waals surface area contributed by atoms with Crippen LogP contribution in [0.3, 0.4) is 0 Å². The highest BCUT2D eigenvalue weighted by molar-refractivity contribution is 7.89. The molecular weight excluding hydrogens is 274 g/mol. The van der Waals surface area contributed by atoms with Crippen molar-refractivity contribution in [2.24, 2.45) is 0 Å². The van der Waals surface area contributed by atoms with E-state index in [1.807, 2.05) is 6.92 Å². The standard InChI is InChI=1S/C12H18ClNO3S/c1-3-4-10(13)9-14-18(15,16)12-7-5-11(17-2)6-8-12/h5-8,10,14H,3-4,9H2,1-2H3. The summed E-state index contributed by atoms with van der Waals surface area (Å²) in [6, 6.07) is 6.23. The van der Waals surface area contributed by atoms with Gasteiger partial charge in [-0.1, -0.05) is 13.3 Å². The summed E-state index contributed by atoms with van der Waals surface area (Å²) in [6.07, 6.45) is 1.71. The Kier molecular flexibility index (Phi) is 5.91. The maximum absolute atomic E-state index is 11.9. The topological polar surface area (TPSA) is 55.4 Å². The molecule has 1 aromatic carbocycles. The number of nitrogens with one attached hydrogen (secondary N) is 1. The summed E-state index contributed by atoms with van der Waals surface area (Å²) in [5.74, 6) is 0.621. The molecule has 0 aliphatic rings.